The van der Waals surface area contributed by atoms with E-state index in [4.69, 9.17) is 28.9 Å². The summed E-state index contributed by atoms with van der Waals surface area (Å²) in [5.41, 5.74) is 0.974. The van der Waals surface area contributed by atoms with Crippen molar-refractivity contribution >= 4 is 34.9 Å². The lowest BCUT2D eigenvalue weighted by molar-refractivity contribution is -0.135. The van der Waals surface area contributed by atoms with Crippen molar-refractivity contribution < 1.29 is 9.90 Å². The fourth-order valence-electron chi connectivity index (χ4n) is 2.06. The molecule has 0 amide bonds. The van der Waals surface area contributed by atoms with Gasteiger partial charge in [0.1, 0.15) is 6.54 Å². The molecule has 1 rings (SSSR count). The largest absolute Gasteiger partial charge is 0.480 e. The molecule has 1 aromatic rings. The van der Waals surface area contributed by atoms with Crippen molar-refractivity contribution in [2.24, 2.45) is 0 Å². The molecule has 4 nitrogen and oxygen atoms in total. The van der Waals surface area contributed by atoms with E-state index in [-0.39, 0.29) is 12.6 Å². The van der Waals surface area contributed by atoms with Crippen LogP contribution >= 0.6 is 23.8 Å². The van der Waals surface area contributed by atoms with Gasteiger partial charge in [-0.2, -0.15) is 0 Å². The zero-order valence-corrected chi connectivity index (χ0v) is 13.9. The van der Waals surface area contributed by atoms with E-state index in [9.17, 15) is 4.79 Å². The third kappa shape index (κ3) is 5.89. The van der Waals surface area contributed by atoms with Gasteiger partial charge in [0, 0.05) is 17.6 Å². The van der Waals surface area contributed by atoms with E-state index in [0.29, 0.717) is 16.7 Å². The molecule has 0 radical (unpaired) electrons. The predicted molar refractivity (Wildman–Crippen MR) is 89.6 cm³/mol. The Morgan fingerprint density at radius 1 is 1.48 bits per heavy atom. The number of benzene rings is 1. The van der Waals surface area contributed by atoms with Crippen LogP contribution in [0.3, 0.4) is 0 Å². The molecule has 0 saturated carbocycles. The van der Waals surface area contributed by atoms with Crippen LogP contribution in [0.1, 0.15) is 32.3 Å². The van der Waals surface area contributed by atoms with E-state index in [1.807, 2.05) is 29.2 Å². The van der Waals surface area contributed by atoms with Gasteiger partial charge in [0.25, 0.3) is 0 Å². The van der Waals surface area contributed by atoms with E-state index in [0.717, 1.165) is 18.4 Å². The molecular formula is C15H21ClN2O2S. The lowest BCUT2D eigenvalue weighted by atomic mass is 10.1. The van der Waals surface area contributed by atoms with Crippen LogP contribution in [-0.4, -0.2) is 33.7 Å². The Bertz CT molecular complexity index is 496. The Kier molecular flexibility index (Phi) is 7.47. The van der Waals surface area contributed by atoms with Gasteiger partial charge in [0.2, 0.25) is 0 Å². The summed E-state index contributed by atoms with van der Waals surface area (Å²) in [6.45, 7) is 4.57. The second kappa shape index (κ2) is 8.85. The van der Waals surface area contributed by atoms with Crippen LogP contribution in [0.4, 0.5) is 0 Å². The zero-order chi connectivity index (χ0) is 15.8. The molecule has 0 spiro atoms. The molecule has 1 unspecified atom stereocenters. The summed E-state index contributed by atoms with van der Waals surface area (Å²) in [6, 6.07) is 7.81. The maximum absolute atomic E-state index is 10.7. The van der Waals surface area contributed by atoms with Crippen molar-refractivity contribution in [3.05, 3.63) is 34.9 Å². The van der Waals surface area contributed by atoms with Gasteiger partial charge in [-0.05, 0) is 37.2 Å². The summed E-state index contributed by atoms with van der Waals surface area (Å²) >= 11 is 11.5. The number of thiocarbonyl (C=S) groups is 1. The second-order valence-electron chi connectivity index (χ2n) is 4.91. The smallest absolute Gasteiger partial charge is 0.322 e. The van der Waals surface area contributed by atoms with Crippen molar-refractivity contribution in [2.45, 2.75) is 39.3 Å². The molecule has 116 valence electrons. The molecule has 0 saturated heterocycles. The first kappa shape index (κ1) is 17.7. The van der Waals surface area contributed by atoms with E-state index in [1.165, 1.54) is 0 Å². The van der Waals surface area contributed by atoms with Gasteiger partial charge >= 0.3 is 5.97 Å². The molecule has 0 bridgehead atoms. The SMILES string of the molecule is CCCC(C)N(Cc1ccccc1Cl)C(=S)NCC(=O)O. The molecule has 0 fully saturated rings. The molecule has 1 atom stereocenters. The van der Waals surface area contributed by atoms with Crippen molar-refractivity contribution in [3.8, 4) is 0 Å². The Hall–Kier alpha value is -1.33. The van der Waals surface area contributed by atoms with Gasteiger partial charge in [-0.25, -0.2) is 0 Å². The highest BCUT2D eigenvalue weighted by molar-refractivity contribution is 7.80. The van der Waals surface area contributed by atoms with Crippen molar-refractivity contribution in [1.29, 1.82) is 0 Å². The fraction of sp³-hybridized carbons (Fsp3) is 0.467. The number of rotatable bonds is 7. The van der Waals surface area contributed by atoms with Gasteiger partial charge in [0.15, 0.2) is 5.11 Å². The molecular weight excluding hydrogens is 308 g/mol. The maximum atomic E-state index is 10.7. The van der Waals surface area contributed by atoms with Crippen LogP contribution in [0.15, 0.2) is 24.3 Å². The number of carbonyl (C=O) groups is 1. The van der Waals surface area contributed by atoms with Crippen LogP contribution in [0.25, 0.3) is 0 Å². The van der Waals surface area contributed by atoms with Crippen LogP contribution in [-0.2, 0) is 11.3 Å². The van der Waals surface area contributed by atoms with E-state index < -0.39 is 5.97 Å². The molecule has 21 heavy (non-hydrogen) atoms. The highest BCUT2D eigenvalue weighted by atomic mass is 35.5. The number of hydrogen-bond donors (Lipinski definition) is 2. The van der Waals surface area contributed by atoms with Gasteiger partial charge < -0.3 is 15.3 Å². The average molecular weight is 329 g/mol. The predicted octanol–water partition coefficient (Wildman–Crippen LogP) is 3.29. The zero-order valence-electron chi connectivity index (χ0n) is 12.3. The van der Waals surface area contributed by atoms with Crippen LogP contribution in [0.5, 0.6) is 0 Å². The quantitative estimate of drug-likeness (QED) is 0.752. The minimum atomic E-state index is -0.932. The number of nitrogens with zero attached hydrogens (tertiary/aromatic N) is 1. The molecule has 6 heteroatoms. The van der Waals surface area contributed by atoms with Gasteiger partial charge in [-0.15, -0.1) is 0 Å². The van der Waals surface area contributed by atoms with Crippen molar-refractivity contribution in [1.82, 2.24) is 10.2 Å². The third-order valence-corrected chi connectivity index (χ3v) is 3.94. The molecule has 0 aliphatic carbocycles. The average Bonchev–Trinajstić information content (AvgIpc) is 2.44. The minimum absolute atomic E-state index is 0.184. The Morgan fingerprint density at radius 2 is 2.14 bits per heavy atom. The monoisotopic (exact) mass is 328 g/mol. The lowest BCUT2D eigenvalue weighted by Crippen LogP contribution is -2.45. The standard InChI is InChI=1S/C15H21ClN2O2S/c1-3-6-11(2)18(15(21)17-9-14(19)20)10-12-7-4-5-8-13(12)16/h4-5,7-8,11H,3,6,9-10H2,1-2H3,(H,17,21)(H,19,20). The first-order valence-electron chi connectivity index (χ1n) is 6.95. The summed E-state index contributed by atoms with van der Waals surface area (Å²) in [7, 11) is 0. The summed E-state index contributed by atoms with van der Waals surface area (Å²) in [4.78, 5) is 12.7. The Labute approximate surface area is 136 Å². The minimum Gasteiger partial charge on any atom is -0.480 e. The molecule has 1 aromatic carbocycles. The lowest BCUT2D eigenvalue weighted by Gasteiger charge is -2.32. The summed E-state index contributed by atoms with van der Waals surface area (Å²) in [6.07, 6.45) is 2.00. The summed E-state index contributed by atoms with van der Waals surface area (Å²) in [5.74, 6) is -0.932. The van der Waals surface area contributed by atoms with Crippen molar-refractivity contribution in [3.63, 3.8) is 0 Å². The fourth-order valence-corrected chi connectivity index (χ4v) is 2.58. The van der Waals surface area contributed by atoms with Gasteiger partial charge in [-0.3, -0.25) is 4.79 Å². The Morgan fingerprint density at radius 3 is 2.71 bits per heavy atom. The number of carboxylic acids is 1. The Balaban J connectivity index is 2.84. The van der Waals surface area contributed by atoms with Crippen LogP contribution < -0.4 is 5.32 Å². The second-order valence-corrected chi connectivity index (χ2v) is 5.70. The molecule has 0 aromatic heterocycles. The summed E-state index contributed by atoms with van der Waals surface area (Å²) in [5, 5.41) is 12.7. The number of carboxylic acid groups (broad SMARTS) is 1. The summed E-state index contributed by atoms with van der Waals surface area (Å²) < 4.78 is 0. The highest BCUT2D eigenvalue weighted by Gasteiger charge is 2.18. The number of aliphatic carboxylic acids is 1. The van der Waals surface area contributed by atoms with Crippen molar-refractivity contribution in [2.75, 3.05) is 6.54 Å². The molecule has 0 aliphatic rings. The third-order valence-electron chi connectivity index (χ3n) is 3.19. The maximum Gasteiger partial charge on any atom is 0.322 e. The highest BCUT2D eigenvalue weighted by Crippen LogP contribution is 2.19. The van der Waals surface area contributed by atoms with Crippen LogP contribution in [0.2, 0.25) is 5.02 Å². The first-order valence-corrected chi connectivity index (χ1v) is 7.74. The normalized spacial score (nSPS) is 11.8. The molecule has 0 aliphatic heterocycles. The number of halogens is 1. The van der Waals surface area contributed by atoms with Crippen LogP contribution in [0, 0.1) is 0 Å². The van der Waals surface area contributed by atoms with E-state index in [1.54, 1.807) is 0 Å². The van der Waals surface area contributed by atoms with E-state index >= 15 is 0 Å². The van der Waals surface area contributed by atoms with E-state index in [2.05, 4.69) is 19.2 Å². The number of hydrogen-bond acceptors (Lipinski definition) is 2. The topological polar surface area (TPSA) is 52.6 Å². The number of nitrogens with one attached hydrogen (secondary N) is 1. The van der Waals surface area contributed by atoms with Gasteiger partial charge in [-0.1, -0.05) is 43.1 Å². The van der Waals surface area contributed by atoms with Gasteiger partial charge in [0.05, 0.1) is 0 Å². The molecule has 2 N–H and O–H groups in total. The first-order chi connectivity index (χ1) is 9.95. The molecule has 0 heterocycles.